The molecule has 0 aromatic rings. The maximum absolute atomic E-state index is 13.7. The minimum absolute atomic E-state index is 0.0121. The Bertz CT molecular complexity index is 1870. The molecule has 2 aliphatic carbocycles. The summed E-state index contributed by atoms with van der Waals surface area (Å²) in [7, 11) is 1.31. The minimum atomic E-state index is -0.923. The first kappa shape index (κ1) is 52.7. The first-order valence-electron chi connectivity index (χ1n) is 26.1. The number of piperidine rings is 2. The van der Waals surface area contributed by atoms with Crippen molar-refractivity contribution in [1.29, 1.82) is 0 Å². The van der Waals surface area contributed by atoms with Gasteiger partial charge in [0.25, 0.3) is 0 Å². The van der Waals surface area contributed by atoms with Crippen LogP contribution in [0.5, 0.6) is 0 Å². The molecule has 8 saturated heterocycles. The molecule has 5 amide bonds. The smallest absolute Gasteiger partial charge is 0.409 e. The van der Waals surface area contributed by atoms with Gasteiger partial charge >= 0.3 is 18.3 Å². The average Bonchev–Trinajstić information content (AvgIpc) is 3.73. The number of methoxy groups -OCH3 is 1. The van der Waals surface area contributed by atoms with Crippen LogP contribution >= 0.6 is 0 Å². The van der Waals surface area contributed by atoms with Crippen molar-refractivity contribution in [1.82, 2.24) is 25.3 Å². The van der Waals surface area contributed by atoms with E-state index >= 15 is 0 Å². The zero-order valence-corrected chi connectivity index (χ0v) is 42.4. The summed E-state index contributed by atoms with van der Waals surface area (Å²) in [5, 5.41) is 5.42. The van der Waals surface area contributed by atoms with E-state index in [2.05, 4.69) is 24.5 Å². The maximum atomic E-state index is 13.7. The first-order valence-corrected chi connectivity index (χ1v) is 26.1. The highest BCUT2D eigenvalue weighted by molar-refractivity contribution is 5.81. The second-order valence-corrected chi connectivity index (χ2v) is 21.4. The molecule has 0 aromatic carbocycles. The van der Waals surface area contributed by atoms with Crippen LogP contribution in [-0.2, 0) is 62.3 Å². The molecule has 8 heterocycles. The molecule has 8 aliphatic heterocycles. The van der Waals surface area contributed by atoms with Crippen molar-refractivity contribution in [2.75, 3.05) is 86.0 Å². The molecule has 0 radical (unpaired) electrons. The van der Waals surface area contributed by atoms with E-state index in [1.165, 1.54) is 7.11 Å². The second-order valence-electron chi connectivity index (χ2n) is 21.4. The molecule has 4 bridgehead atoms. The molecule has 10 fully saturated rings. The molecule has 0 aromatic heterocycles. The third kappa shape index (κ3) is 10.5. The number of likely N-dealkylation sites (tertiary alicyclic amines) is 2. The van der Waals surface area contributed by atoms with E-state index in [0.29, 0.717) is 76.7 Å². The molecular formula is C49H79N5O16. The van der Waals surface area contributed by atoms with Gasteiger partial charge in [-0.25, -0.2) is 33.9 Å². The predicted octanol–water partition coefficient (Wildman–Crippen LogP) is 5.10. The predicted molar refractivity (Wildman–Crippen MR) is 246 cm³/mol. The lowest BCUT2D eigenvalue weighted by Gasteiger charge is -2.61. The Labute approximate surface area is 412 Å². The van der Waals surface area contributed by atoms with Gasteiger partial charge in [-0.1, -0.05) is 27.7 Å². The summed E-state index contributed by atoms with van der Waals surface area (Å²) in [4.78, 5) is 94.1. The SMILES string of the molecule is COC(=O)N(CCCCNC(=O)OCCOCCN1C(=O)[C@H](C)[C@@H]2CC[C@@H](C)[C@@H]3CC[C@@]4(C)OO[C@]32[C@H]1O4)CCCNC(=O)OCCOCCN1C(=O)[C@H](C)[C@@H]2CC[C@@H](C)[C@@H]3CC[C@@]4(C)OO[C@]32[C@H]1O4. The van der Waals surface area contributed by atoms with Gasteiger partial charge in [-0.3, -0.25) is 9.59 Å². The molecule has 21 nitrogen and oxygen atoms in total. The number of hydrogen-bond acceptors (Lipinski definition) is 16. The summed E-state index contributed by atoms with van der Waals surface area (Å²) < 4.78 is 40.3. The number of nitrogens with one attached hydrogen (secondary N) is 2. The molecule has 396 valence electrons. The number of alkyl carbamates (subject to hydrolysis) is 2. The first-order chi connectivity index (χ1) is 33.6. The number of fused-ring (bicyclic) bond motifs is 4. The van der Waals surface area contributed by atoms with Crippen LogP contribution in [0.4, 0.5) is 14.4 Å². The summed E-state index contributed by atoms with van der Waals surface area (Å²) >= 11 is 0. The van der Waals surface area contributed by atoms with Crippen molar-refractivity contribution in [3.8, 4) is 0 Å². The minimum Gasteiger partial charge on any atom is -0.453 e. The number of ether oxygens (including phenoxy) is 7. The van der Waals surface area contributed by atoms with Crippen LogP contribution < -0.4 is 10.6 Å². The van der Waals surface area contributed by atoms with Crippen molar-refractivity contribution in [2.24, 2.45) is 47.3 Å². The molecule has 2 saturated carbocycles. The molecule has 2 spiro atoms. The van der Waals surface area contributed by atoms with E-state index < -0.39 is 53.5 Å². The van der Waals surface area contributed by atoms with E-state index in [9.17, 15) is 24.0 Å². The van der Waals surface area contributed by atoms with Crippen molar-refractivity contribution < 1.29 is 76.7 Å². The number of nitrogens with zero attached hydrogens (tertiary/aromatic N) is 3. The van der Waals surface area contributed by atoms with Gasteiger partial charge in [-0.2, -0.15) is 0 Å². The second kappa shape index (κ2) is 22.3. The van der Waals surface area contributed by atoms with Gasteiger partial charge in [0.05, 0.1) is 33.5 Å². The highest BCUT2D eigenvalue weighted by Gasteiger charge is 2.72. The van der Waals surface area contributed by atoms with Crippen LogP contribution in [0.3, 0.4) is 0 Å². The highest BCUT2D eigenvalue weighted by atomic mass is 17.3. The highest BCUT2D eigenvalue weighted by Crippen LogP contribution is 2.62. The summed E-state index contributed by atoms with van der Waals surface area (Å²) in [6.45, 7) is 15.0. The lowest BCUT2D eigenvalue weighted by molar-refractivity contribution is -0.548. The van der Waals surface area contributed by atoms with Gasteiger partial charge in [0.1, 0.15) is 13.2 Å². The topological polar surface area (TPSA) is 221 Å². The molecule has 21 heteroatoms. The molecule has 70 heavy (non-hydrogen) atoms. The molecular weight excluding hydrogens is 915 g/mol. The Morgan fingerprint density at radius 3 is 1.53 bits per heavy atom. The molecule has 0 unspecified atom stereocenters. The lowest BCUT2D eigenvalue weighted by atomic mass is 9.57. The largest absolute Gasteiger partial charge is 0.453 e. The number of unbranched alkanes of at least 4 members (excludes halogenated alkanes) is 1. The third-order valence-corrected chi connectivity index (χ3v) is 17.0. The van der Waals surface area contributed by atoms with Crippen molar-refractivity contribution in [3.63, 3.8) is 0 Å². The number of carbonyl (C=O) groups is 5. The van der Waals surface area contributed by atoms with Crippen LogP contribution in [-0.4, -0.2) is 166 Å². The van der Waals surface area contributed by atoms with E-state index in [0.717, 1.165) is 38.5 Å². The van der Waals surface area contributed by atoms with Crippen molar-refractivity contribution >= 4 is 30.1 Å². The number of amides is 5. The van der Waals surface area contributed by atoms with E-state index in [-0.39, 0.29) is 93.5 Å². The molecule has 10 aliphatic rings. The zero-order chi connectivity index (χ0) is 49.8. The zero-order valence-electron chi connectivity index (χ0n) is 42.4. The van der Waals surface area contributed by atoms with Crippen LogP contribution in [0, 0.1) is 47.3 Å². The summed E-state index contributed by atoms with van der Waals surface area (Å²) in [5.41, 5.74) is -1.43. The van der Waals surface area contributed by atoms with Gasteiger partial charge in [0, 0.05) is 75.8 Å². The summed E-state index contributed by atoms with van der Waals surface area (Å²) in [6, 6.07) is 0. The van der Waals surface area contributed by atoms with Crippen LogP contribution in [0.1, 0.15) is 112 Å². The molecule has 10 rings (SSSR count). The Balaban J connectivity index is 0.656. The number of rotatable bonds is 21. The summed E-state index contributed by atoms with van der Waals surface area (Å²) in [5.74, 6) is -0.962. The average molecular weight is 994 g/mol. The van der Waals surface area contributed by atoms with Gasteiger partial charge in [-0.05, 0) is 95.3 Å². The van der Waals surface area contributed by atoms with E-state index in [1.807, 2.05) is 27.7 Å². The van der Waals surface area contributed by atoms with Gasteiger partial charge in [0.2, 0.25) is 23.4 Å². The summed E-state index contributed by atoms with van der Waals surface area (Å²) in [6.07, 6.45) is 5.92. The van der Waals surface area contributed by atoms with Gasteiger partial charge < -0.3 is 58.5 Å². The van der Waals surface area contributed by atoms with Gasteiger partial charge in [-0.15, -0.1) is 0 Å². The fraction of sp³-hybridized carbons (Fsp3) is 0.898. The lowest BCUT2D eigenvalue weighted by Crippen LogP contribution is -2.75. The number of hydrogen-bond donors (Lipinski definition) is 2. The Morgan fingerprint density at radius 2 is 1.06 bits per heavy atom. The van der Waals surface area contributed by atoms with Gasteiger partial charge in [0.15, 0.2) is 23.7 Å². The molecule has 2 N–H and O–H groups in total. The van der Waals surface area contributed by atoms with Crippen LogP contribution in [0.15, 0.2) is 0 Å². The maximum Gasteiger partial charge on any atom is 0.409 e. The Morgan fingerprint density at radius 1 is 0.600 bits per heavy atom. The Kier molecular flexibility index (Phi) is 16.8. The number of carbonyl (C=O) groups excluding carboxylic acids is 5. The standard InChI is InChI=1S/C49H79N5O16/c1-31-11-13-37-33(3)39(55)53(41-48(37)35(31)15-17-46(5,65-41)67-69-48)23-25-61-27-29-63-43(57)50-19-8-9-21-52(45(59)60-7)22-10-20-51-44(58)64-30-28-62-26-24-54-40(56)34(4)38-14-12-32(2)36-16-18-47(6)66-42(54)49(36,38)70-68-47/h31-38,41-42H,8-30H2,1-7H3,(H,50,57)(H,51,58)/t31-,32-,33-,34-,35+,36+,37+,38+,41-,42-,46-,47-,48-,49-/m1/s1. The fourth-order valence-electron chi connectivity index (χ4n) is 13.3. The monoisotopic (exact) mass is 994 g/mol. The van der Waals surface area contributed by atoms with Crippen molar-refractivity contribution in [3.05, 3.63) is 0 Å². The van der Waals surface area contributed by atoms with E-state index in [1.54, 1.807) is 14.7 Å². The third-order valence-electron chi connectivity index (χ3n) is 17.0. The van der Waals surface area contributed by atoms with Crippen LogP contribution in [0.2, 0.25) is 0 Å². The fourth-order valence-corrected chi connectivity index (χ4v) is 13.3. The molecule has 14 atom stereocenters. The Hall–Kier alpha value is -3.57. The van der Waals surface area contributed by atoms with E-state index in [4.69, 9.17) is 52.7 Å². The van der Waals surface area contributed by atoms with Crippen LogP contribution in [0.25, 0.3) is 0 Å². The normalized spacial score (nSPS) is 38.2. The quantitative estimate of drug-likeness (QED) is 0.0868. The van der Waals surface area contributed by atoms with Crippen molar-refractivity contribution in [2.45, 2.75) is 147 Å².